The Balaban J connectivity index is 1.23. The number of likely N-dealkylation sites (tertiary alicyclic amines) is 1. The smallest absolute Gasteiger partial charge is 0.336 e. The molecule has 1 saturated heterocycles. The van der Waals surface area contributed by atoms with Crippen molar-refractivity contribution in [3.8, 4) is 22.8 Å². The number of piperidine rings is 1. The molecule has 3 aromatic carbocycles. The van der Waals surface area contributed by atoms with Crippen LogP contribution in [0.1, 0.15) is 46.3 Å². The van der Waals surface area contributed by atoms with Gasteiger partial charge in [0.05, 0.1) is 11.2 Å². The Morgan fingerprint density at radius 1 is 0.951 bits per heavy atom. The normalized spacial score (nSPS) is 17.3. The molecule has 1 aromatic heterocycles. The summed E-state index contributed by atoms with van der Waals surface area (Å²) in [5.74, 6) is 0.272. The fourth-order valence-corrected chi connectivity index (χ4v) is 6.03. The van der Waals surface area contributed by atoms with Crippen LogP contribution in [-0.2, 0) is 12.0 Å². The van der Waals surface area contributed by atoms with E-state index in [4.69, 9.17) is 16.3 Å². The Hall–Kier alpha value is -3.97. The molecule has 4 aromatic rings. The van der Waals surface area contributed by atoms with Crippen LogP contribution in [0.5, 0.6) is 11.6 Å². The molecule has 0 atom stereocenters. The molecule has 6 nitrogen and oxygen atoms in total. The lowest BCUT2D eigenvalue weighted by atomic mass is 9.84. The summed E-state index contributed by atoms with van der Waals surface area (Å²) >= 11 is 6.04. The Labute approximate surface area is 244 Å². The van der Waals surface area contributed by atoms with E-state index in [1.165, 1.54) is 0 Å². The third kappa shape index (κ3) is 5.64. The Kier molecular flexibility index (Phi) is 7.63. The quantitative estimate of drug-likeness (QED) is 0.257. The minimum absolute atomic E-state index is 0.259. The molecule has 0 radical (unpaired) electrons. The van der Waals surface area contributed by atoms with E-state index >= 15 is 0 Å². The SMILES string of the molecule is O=C(O)c1ccccc1-c1cccc2c1C/C(=C/CCN1CCC(O)(c3ccc(Cl)cc3)CC1)c1cccnc1O2. The number of carbonyl (C=O) groups is 1. The van der Waals surface area contributed by atoms with Crippen molar-refractivity contribution in [3.63, 3.8) is 0 Å². The largest absolute Gasteiger partial charge is 0.478 e. The lowest BCUT2D eigenvalue weighted by Gasteiger charge is -2.38. The van der Waals surface area contributed by atoms with E-state index < -0.39 is 11.6 Å². The van der Waals surface area contributed by atoms with E-state index in [1.807, 2.05) is 66.7 Å². The lowest BCUT2D eigenvalue weighted by Crippen LogP contribution is -2.42. The third-order valence-electron chi connectivity index (χ3n) is 8.17. The summed E-state index contributed by atoms with van der Waals surface area (Å²) in [5, 5.41) is 21.8. The fraction of sp³-hybridized carbons (Fsp3) is 0.235. The first-order chi connectivity index (χ1) is 19.9. The number of rotatable bonds is 6. The molecule has 0 aliphatic carbocycles. The van der Waals surface area contributed by atoms with Crippen LogP contribution in [0.3, 0.4) is 0 Å². The van der Waals surface area contributed by atoms with Crippen molar-refractivity contribution in [2.45, 2.75) is 31.3 Å². The van der Waals surface area contributed by atoms with Crippen LogP contribution in [0, 0.1) is 0 Å². The second kappa shape index (κ2) is 11.5. The van der Waals surface area contributed by atoms with Gasteiger partial charge in [-0.3, -0.25) is 0 Å². The Bertz CT molecular complexity index is 1610. The monoisotopic (exact) mass is 566 g/mol. The number of nitrogens with zero attached hydrogens (tertiary/aromatic N) is 2. The molecule has 1 fully saturated rings. The number of pyridine rings is 1. The molecule has 2 aliphatic heterocycles. The number of carboxylic acid groups (broad SMARTS) is 1. The van der Waals surface area contributed by atoms with E-state index in [0.717, 1.165) is 53.9 Å². The lowest BCUT2D eigenvalue weighted by molar-refractivity contribution is -0.0254. The topological polar surface area (TPSA) is 82.9 Å². The molecule has 0 spiro atoms. The molecule has 0 amide bonds. The van der Waals surface area contributed by atoms with Crippen LogP contribution < -0.4 is 4.74 Å². The molecule has 0 bridgehead atoms. The van der Waals surface area contributed by atoms with Crippen LogP contribution >= 0.6 is 11.6 Å². The Morgan fingerprint density at radius 3 is 2.46 bits per heavy atom. The number of carboxylic acids is 1. The first kappa shape index (κ1) is 27.2. The van der Waals surface area contributed by atoms with Gasteiger partial charge in [-0.2, -0.15) is 0 Å². The highest BCUT2D eigenvalue weighted by Crippen LogP contribution is 2.42. The molecule has 6 rings (SSSR count). The zero-order chi connectivity index (χ0) is 28.4. The van der Waals surface area contributed by atoms with Crippen LogP contribution in [0.2, 0.25) is 5.02 Å². The first-order valence-electron chi connectivity index (χ1n) is 13.9. The molecule has 208 valence electrons. The van der Waals surface area contributed by atoms with Crippen LogP contribution in [0.25, 0.3) is 16.7 Å². The van der Waals surface area contributed by atoms with Gasteiger partial charge in [0.25, 0.3) is 0 Å². The van der Waals surface area contributed by atoms with Gasteiger partial charge < -0.3 is 19.8 Å². The zero-order valence-electron chi connectivity index (χ0n) is 22.6. The molecular weight excluding hydrogens is 536 g/mol. The van der Waals surface area contributed by atoms with E-state index in [-0.39, 0.29) is 5.56 Å². The summed E-state index contributed by atoms with van der Waals surface area (Å²) in [6, 6.07) is 24.3. The number of ether oxygens (including phenoxy) is 1. The number of hydrogen-bond donors (Lipinski definition) is 2. The highest BCUT2D eigenvalue weighted by atomic mass is 35.5. The number of halogens is 1. The molecule has 2 N–H and O–H groups in total. The van der Waals surface area contributed by atoms with Crippen LogP contribution in [0.4, 0.5) is 0 Å². The predicted molar refractivity (Wildman–Crippen MR) is 160 cm³/mol. The Morgan fingerprint density at radius 2 is 1.68 bits per heavy atom. The summed E-state index contributed by atoms with van der Waals surface area (Å²) < 4.78 is 6.32. The maximum Gasteiger partial charge on any atom is 0.336 e. The third-order valence-corrected chi connectivity index (χ3v) is 8.42. The van der Waals surface area contributed by atoms with E-state index in [2.05, 4.69) is 16.0 Å². The number of benzene rings is 3. The highest BCUT2D eigenvalue weighted by Gasteiger charge is 2.33. The summed E-state index contributed by atoms with van der Waals surface area (Å²) in [6.45, 7) is 2.48. The van der Waals surface area contributed by atoms with Crippen molar-refractivity contribution in [2.75, 3.05) is 19.6 Å². The van der Waals surface area contributed by atoms with Crippen molar-refractivity contribution in [2.24, 2.45) is 0 Å². The van der Waals surface area contributed by atoms with Crippen molar-refractivity contribution >= 4 is 23.1 Å². The van der Waals surface area contributed by atoms with Gasteiger partial charge in [-0.25, -0.2) is 9.78 Å². The second-order valence-electron chi connectivity index (χ2n) is 10.7. The number of hydrogen-bond acceptors (Lipinski definition) is 5. The molecule has 3 heterocycles. The molecule has 7 heteroatoms. The van der Waals surface area contributed by atoms with E-state index in [1.54, 1.807) is 18.3 Å². The van der Waals surface area contributed by atoms with Gasteiger partial charge in [-0.15, -0.1) is 0 Å². The highest BCUT2D eigenvalue weighted by molar-refractivity contribution is 6.30. The molecule has 2 aliphatic rings. The summed E-state index contributed by atoms with van der Waals surface area (Å²) in [4.78, 5) is 18.9. The number of aromatic nitrogens is 1. The van der Waals surface area contributed by atoms with Crippen molar-refractivity contribution in [3.05, 3.63) is 118 Å². The van der Waals surface area contributed by atoms with Gasteiger partial charge >= 0.3 is 5.97 Å². The van der Waals surface area contributed by atoms with Gasteiger partial charge in [0.2, 0.25) is 5.88 Å². The molecule has 0 saturated carbocycles. The van der Waals surface area contributed by atoms with Crippen LogP contribution in [-0.4, -0.2) is 45.7 Å². The average Bonchev–Trinajstić information content (AvgIpc) is 3.15. The number of aliphatic hydroxyl groups is 1. The summed E-state index contributed by atoms with van der Waals surface area (Å²) in [5.41, 5.74) is 4.85. The van der Waals surface area contributed by atoms with E-state index in [0.29, 0.717) is 41.5 Å². The molecule has 0 unspecified atom stereocenters. The van der Waals surface area contributed by atoms with Crippen molar-refractivity contribution < 1.29 is 19.7 Å². The summed E-state index contributed by atoms with van der Waals surface area (Å²) in [7, 11) is 0. The number of fused-ring (bicyclic) bond motifs is 2. The number of aromatic carboxylic acids is 1. The predicted octanol–water partition coefficient (Wildman–Crippen LogP) is 7.21. The van der Waals surface area contributed by atoms with Crippen molar-refractivity contribution in [1.29, 1.82) is 0 Å². The zero-order valence-corrected chi connectivity index (χ0v) is 23.3. The summed E-state index contributed by atoms with van der Waals surface area (Å²) in [6.07, 6.45) is 6.73. The standard InChI is InChI=1S/C34H31ClN2O4/c35-25-14-12-24(13-15-25)34(40)16-20-37(21-17-34)19-5-6-23-22-30-28(27-7-1-2-8-29(27)33(38)39)9-3-11-31(30)41-32-26(23)10-4-18-36-32/h1-4,6-15,18,40H,5,16-17,19-22H2,(H,38,39)/b23-6-. The first-order valence-corrected chi connectivity index (χ1v) is 14.3. The minimum atomic E-state index is -0.960. The molecular formula is C34H31ClN2O4. The van der Waals surface area contributed by atoms with Gasteiger partial charge in [0.15, 0.2) is 0 Å². The van der Waals surface area contributed by atoms with Gasteiger partial charge in [-0.05, 0) is 77.9 Å². The van der Waals surface area contributed by atoms with E-state index in [9.17, 15) is 15.0 Å². The van der Waals surface area contributed by atoms with Gasteiger partial charge in [-0.1, -0.05) is 60.1 Å². The maximum atomic E-state index is 12.0. The fourth-order valence-electron chi connectivity index (χ4n) is 5.91. The van der Waals surface area contributed by atoms with Crippen molar-refractivity contribution in [1.82, 2.24) is 9.88 Å². The number of allylic oxidation sites excluding steroid dienone is 1. The van der Waals surface area contributed by atoms with Gasteiger partial charge in [0.1, 0.15) is 5.75 Å². The molecule has 41 heavy (non-hydrogen) atoms. The maximum absolute atomic E-state index is 12.0. The average molecular weight is 567 g/mol. The van der Waals surface area contributed by atoms with Crippen LogP contribution in [0.15, 0.2) is 91.1 Å². The van der Waals surface area contributed by atoms with Gasteiger partial charge in [0, 0.05) is 48.4 Å². The minimum Gasteiger partial charge on any atom is -0.478 e. The second-order valence-corrected chi connectivity index (χ2v) is 11.1.